The van der Waals surface area contributed by atoms with Crippen molar-refractivity contribution in [2.24, 2.45) is 4.99 Å². The quantitative estimate of drug-likeness (QED) is 0.585. The van der Waals surface area contributed by atoms with Gasteiger partial charge in [0.25, 0.3) is 5.91 Å². The predicted octanol–water partition coefficient (Wildman–Crippen LogP) is 4.64. The fraction of sp³-hybridized carbons (Fsp3) is 0.0800. The highest BCUT2D eigenvalue weighted by molar-refractivity contribution is 6.33. The summed E-state index contributed by atoms with van der Waals surface area (Å²) in [5, 5.41) is 0. The lowest BCUT2D eigenvalue weighted by atomic mass is 10.1. The van der Waals surface area contributed by atoms with Gasteiger partial charge in [0, 0.05) is 25.2 Å². The monoisotopic (exact) mass is 413 g/mol. The van der Waals surface area contributed by atoms with Crippen molar-refractivity contribution in [1.82, 2.24) is 0 Å². The first-order valence-electron chi connectivity index (χ1n) is 9.74. The van der Waals surface area contributed by atoms with Crippen LogP contribution in [0.4, 0.5) is 15.8 Å². The second-order valence-corrected chi connectivity index (χ2v) is 7.12. The maximum Gasteiger partial charge on any atom is 0.282 e. The molecular formula is C25H20FN3O2. The minimum atomic E-state index is -0.342. The molecule has 0 unspecified atom stereocenters. The summed E-state index contributed by atoms with van der Waals surface area (Å²) in [6, 6.07) is 22.5. The number of hydrogen-bond acceptors (Lipinski definition) is 3. The lowest BCUT2D eigenvalue weighted by Crippen LogP contribution is -2.32. The molecule has 0 atom stereocenters. The van der Waals surface area contributed by atoms with E-state index in [0.29, 0.717) is 17.1 Å². The molecule has 0 spiro atoms. The number of amidine groups is 1. The maximum atomic E-state index is 13.3. The van der Waals surface area contributed by atoms with Gasteiger partial charge in [-0.3, -0.25) is 14.5 Å². The first-order valence-corrected chi connectivity index (χ1v) is 9.74. The molecule has 0 bridgehead atoms. The first-order chi connectivity index (χ1) is 14.9. The zero-order valence-electron chi connectivity index (χ0n) is 17.1. The molecule has 1 aliphatic rings. The fourth-order valence-electron chi connectivity index (χ4n) is 3.26. The maximum absolute atomic E-state index is 13.3. The summed E-state index contributed by atoms with van der Waals surface area (Å²) >= 11 is 0. The topological polar surface area (TPSA) is 53.0 Å². The summed E-state index contributed by atoms with van der Waals surface area (Å²) in [4.78, 5) is 32.6. The number of carbonyl (C=O) groups excluding carboxylic acids is 2. The largest absolute Gasteiger partial charge is 0.316 e. The minimum Gasteiger partial charge on any atom is -0.316 e. The Kier molecular flexibility index (Phi) is 5.45. The molecular weight excluding hydrogens is 393 g/mol. The van der Waals surface area contributed by atoms with Crippen LogP contribution in [-0.4, -0.2) is 24.7 Å². The molecule has 0 saturated carbocycles. The van der Waals surface area contributed by atoms with Crippen LogP contribution in [0, 0.1) is 5.82 Å². The van der Waals surface area contributed by atoms with Crippen molar-refractivity contribution in [2.75, 3.05) is 16.8 Å². The molecule has 1 aliphatic heterocycles. The summed E-state index contributed by atoms with van der Waals surface area (Å²) in [5.41, 5.74) is 3.10. The molecule has 1 heterocycles. The van der Waals surface area contributed by atoms with Crippen LogP contribution in [-0.2, 0) is 9.59 Å². The normalized spacial score (nSPS) is 14.7. The zero-order valence-corrected chi connectivity index (χ0v) is 17.1. The van der Waals surface area contributed by atoms with Gasteiger partial charge < -0.3 is 4.90 Å². The number of nitrogens with zero attached hydrogens (tertiary/aromatic N) is 3. The van der Waals surface area contributed by atoms with Crippen LogP contribution in [0.25, 0.3) is 6.08 Å². The van der Waals surface area contributed by atoms with Crippen molar-refractivity contribution in [1.29, 1.82) is 0 Å². The van der Waals surface area contributed by atoms with Crippen LogP contribution >= 0.6 is 0 Å². The van der Waals surface area contributed by atoms with Gasteiger partial charge in [-0.2, -0.15) is 0 Å². The van der Waals surface area contributed by atoms with E-state index < -0.39 is 0 Å². The standard InChI is InChI=1S/C25H20FN3O2/c1-17(30)28(2)21-12-14-22(15-13-21)29-24(19-6-4-3-5-7-19)27-23(25(29)31)16-18-8-10-20(26)11-9-18/h3-16H,1-2H3/b23-16+. The molecule has 0 saturated heterocycles. The van der Waals surface area contributed by atoms with Crippen molar-refractivity contribution in [2.45, 2.75) is 6.92 Å². The van der Waals surface area contributed by atoms with Crippen molar-refractivity contribution >= 4 is 35.1 Å². The van der Waals surface area contributed by atoms with Gasteiger partial charge >= 0.3 is 0 Å². The lowest BCUT2D eigenvalue weighted by molar-refractivity contribution is -0.116. The second kappa shape index (κ2) is 8.36. The molecule has 31 heavy (non-hydrogen) atoms. The number of amides is 2. The third-order valence-corrected chi connectivity index (χ3v) is 5.03. The number of halogens is 1. The van der Waals surface area contributed by atoms with Crippen LogP contribution < -0.4 is 9.80 Å². The molecule has 6 heteroatoms. The highest BCUT2D eigenvalue weighted by atomic mass is 19.1. The van der Waals surface area contributed by atoms with Gasteiger partial charge in [0.15, 0.2) is 0 Å². The van der Waals surface area contributed by atoms with E-state index >= 15 is 0 Å². The Balaban J connectivity index is 1.75. The molecule has 0 radical (unpaired) electrons. The van der Waals surface area contributed by atoms with E-state index in [1.54, 1.807) is 54.4 Å². The smallest absolute Gasteiger partial charge is 0.282 e. The number of carbonyl (C=O) groups is 2. The molecule has 0 N–H and O–H groups in total. The Morgan fingerprint density at radius 1 is 0.968 bits per heavy atom. The van der Waals surface area contributed by atoms with E-state index in [4.69, 9.17) is 0 Å². The van der Waals surface area contributed by atoms with E-state index in [-0.39, 0.29) is 23.3 Å². The summed E-state index contributed by atoms with van der Waals surface area (Å²) in [6.45, 7) is 1.49. The summed E-state index contributed by atoms with van der Waals surface area (Å²) < 4.78 is 13.2. The molecule has 154 valence electrons. The Hall–Kier alpha value is -4.06. The van der Waals surface area contributed by atoms with Gasteiger partial charge in [-0.05, 0) is 48.0 Å². The van der Waals surface area contributed by atoms with Crippen molar-refractivity contribution < 1.29 is 14.0 Å². The highest BCUT2D eigenvalue weighted by Gasteiger charge is 2.32. The van der Waals surface area contributed by atoms with Gasteiger partial charge in [-0.25, -0.2) is 9.38 Å². The van der Waals surface area contributed by atoms with E-state index in [0.717, 1.165) is 11.3 Å². The molecule has 2 amide bonds. The Morgan fingerprint density at radius 3 is 2.23 bits per heavy atom. The van der Waals surface area contributed by atoms with Crippen LogP contribution in [0.3, 0.4) is 0 Å². The van der Waals surface area contributed by atoms with Gasteiger partial charge in [0.2, 0.25) is 5.91 Å². The van der Waals surface area contributed by atoms with E-state index in [2.05, 4.69) is 4.99 Å². The summed E-state index contributed by atoms with van der Waals surface area (Å²) in [6.07, 6.45) is 1.64. The van der Waals surface area contributed by atoms with Crippen LogP contribution in [0.2, 0.25) is 0 Å². The Bertz CT molecular complexity index is 1180. The van der Waals surface area contributed by atoms with Gasteiger partial charge in [-0.15, -0.1) is 0 Å². The van der Waals surface area contributed by atoms with Gasteiger partial charge in [0.05, 0.1) is 5.69 Å². The third-order valence-electron chi connectivity index (χ3n) is 5.03. The molecule has 3 aromatic carbocycles. The SMILES string of the molecule is CC(=O)N(C)c1ccc(N2C(=O)/C(=C\c3ccc(F)cc3)N=C2c2ccccc2)cc1. The summed E-state index contributed by atoms with van der Waals surface area (Å²) in [7, 11) is 1.69. The van der Waals surface area contributed by atoms with E-state index in [9.17, 15) is 14.0 Å². The van der Waals surface area contributed by atoms with Crippen molar-refractivity contribution in [3.63, 3.8) is 0 Å². The molecule has 0 aliphatic carbocycles. The first kappa shape index (κ1) is 20.2. The van der Waals surface area contributed by atoms with Gasteiger partial charge in [0.1, 0.15) is 17.3 Å². The van der Waals surface area contributed by atoms with Crippen LogP contribution in [0.5, 0.6) is 0 Å². The second-order valence-electron chi connectivity index (χ2n) is 7.12. The van der Waals surface area contributed by atoms with Crippen molar-refractivity contribution in [3.8, 4) is 0 Å². The number of benzene rings is 3. The summed E-state index contributed by atoms with van der Waals surface area (Å²) in [5.74, 6) is -0.200. The molecule has 0 aromatic heterocycles. The molecule has 0 fully saturated rings. The Labute approximate surface area is 179 Å². The minimum absolute atomic E-state index is 0.0824. The fourth-order valence-corrected chi connectivity index (χ4v) is 3.26. The lowest BCUT2D eigenvalue weighted by Gasteiger charge is -2.20. The van der Waals surface area contributed by atoms with Crippen LogP contribution in [0.1, 0.15) is 18.1 Å². The number of aliphatic imine (C=N–C) groups is 1. The molecule has 3 aromatic rings. The van der Waals surface area contributed by atoms with E-state index in [1.165, 1.54) is 24.0 Å². The number of rotatable bonds is 4. The zero-order chi connectivity index (χ0) is 22.0. The number of hydrogen-bond donors (Lipinski definition) is 0. The third kappa shape index (κ3) is 4.14. The average molecular weight is 413 g/mol. The van der Waals surface area contributed by atoms with Crippen molar-refractivity contribution in [3.05, 3.63) is 102 Å². The highest BCUT2D eigenvalue weighted by Crippen LogP contribution is 2.29. The average Bonchev–Trinajstić information content (AvgIpc) is 3.11. The van der Waals surface area contributed by atoms with Crippen LogP contribution in [0.15, 0.2) is 89.6 Å². The Morgan fingerprint density at radius 2 is 1.61 bits per heavy atom. The predicted molar refractivity (Wildman–Crippen MR) is 120 cm³/mol. The molecule has 5 nitrogen and oxygen atoms in total. The molecule has 4 rings (SSSR count). The number of anilines is 2. The van der Waals surface area contributed by atoms with E-state index in [1.807, 2.05) is 30.3 Å². The van der Waals surface area contributed by atoms with Gasteiger partial charge in [-0.1, -0.05) is 42.5 Å².